The summed E-state index contributed by atoms with van der Waals surface area (Å²) in [5.74, 6) is 0. The summed E-state index contributed by atoms with van der Waals surface area (Å²) in [7, 11) is 0. The van der Waals surface area contributed by atoms with Crippen molar-refractivity contribution in [3.63, 3.8) is 0 Å². The first kappa shape index (κ1) is 10.4. The zero-order valence-electron chi connectivity index (χ0n) is 9.24. The quantitative estimate of drug-likeness (QED) is 0.790. The lowest BCUT2D eigenvalue weighted by Gasteiger charge is -2.09. The molecule has 0 unspecified atom stereocenters. The Labute approximate surface area is 99.2 Å². The van der Waals surface area contributed by atoms with Gasteiger partial charge in [0.25, 0.3) is 0 Å². The summed E-state index contributed by atoms with van der Waals surface area (Å²) in [5.41, 5.74) is 2.49. The molecular weight excluding hydrogens is 216 g/mol. The van der Waals surface area contributed by atoms with Gasteiger partial charge in [-0.15, -0.1) is 0 Å². The highest BCUT2D eigenvalue weighted by Crippen LogP contribution is 2.23. The molecule has 0 atom stereocenters. The van der Waals surface area contributed by atoms with E-state index in [0.29, 0.717) is 13.2 Å². The Kier molecular flexibility index (Phi) is 2.81. The predicted molar refractivity (Wildman–Crippen MR) is 62.1 cm³/mol. The van der Waals surface area contributed by atoms with Crippen LogP contribution in [0.5, 0.6) is 0 Å². The lowest BCUT2D eigenvalue weighted by molar-refractivity contribution is -0.0472. The second-order valence-corrected chi connectivity index (χ2v) is 3.74. The predicted octanol–water partition coefficient (Wildman–Crippen LogP) is 2.19. The molecule has 3 rings (SSSR count). The Bertz CT molecular complexity index is 496. The van der Waals surface area contributed by atoms with E-state index in [4.69, 9.17) is 9.47 Å². The van der Waals surface area contributed by atoms with Crippen molar-refractivity contribution in [2.24, 2.45) is 0 Å². The molecule has 4 heteroatoms. The van der Waals surface area contributed by atoms with Crippen molar-refractivity contribution in [1.82, 2.24) is 9.97 Å². The number of aromatic nitrogens is 2. The van der Waals surface area contributed by atoms with Crippen molar-refractivity contribution in [2.45, 2.75) is 6.29 Å². The van der Waals surface area contributed by atoms with Crippen LogP contribution in [0, 0.1) is 0 Å². The molecule has 0 amide bonds. The van der Waals surface area contributed by atoms with Gasteiger partial charge in [-0.3, -0.25) is 4.98 Å². The van der Waals surface area contributed by atoms with E-state index < -0.39 is 0 Å². The van der Waals surface area contributed by atoms with Crippen molar-refractivity contribution in [3.8, 4) is 11.4 Å². The summed E-state index contributed by atoms with van der Waals surface area (Å²) in [5, 5.41) is 0. The van der Waals surface area contributed by atoms with Crippen molar-refractivity contribution < 1.29 is 9.47 Å². The van der Waals surface area contributed by atoms with Gasteiger partial charge in [-0.25, -0.2) is 4.98 Å². The van der Waals surface area contributed by atoms with E-state index in [9.17, 15) is 0 Å². The average molecular weight is 228 g/mol. The molecule has 0 aromatic carbocycles. The van der Waals surface area contributed by atoms with Crippen LogP contribution in [-0.4, -0.2) is 23.2 Å². The molecular formula is C13H12N2O2. The van der Waals surface area contributed by atoms with Crippen LogP contribution in [0.1, 0.15) is 12.0 Å². The first-order chi connectivity index (χ1) is 8.43. The zero-order chi connectivity index (χ0) is 11.5. The minimum Gasteiger partial charge on any atom is -0.345 e. The molecule has 0 bridgehead atoms. The van der Waals surface area contributed by atoms with Crippen LogP contribution >= 0.6 is 0 Å². The minimum absolute atomic E-state index is 0.335. The van der Waals surface area contributed by atoms with E-state index in [1.807, 2.05) is 36.4 Å². The first-order valence-electron chi connectivity index (χ1n) is 5.55. The third kappa shape index (κ3) is 2.18. The maximum absolute atomic E-state index is 5.42. The Balaban J connectivity index is 1.94. The molecule has 0 N–H and O–H groups in total. The van der Waals surface area contributed by atoms with Crippen molar-refractivity contribution in [2.75, 3.05) is 13.2 Å². The Morgan fingerprint density at radius 1 is 0.941 bits per heavy atom. The largest absolute Gasteiger partial charge is 0.345 e. The average Bonchev–Trinajstić information content (AvgIpc) is 2.94. The summed E-state index contributed by atoms with van der Waals surface area (Å²) in [6.07, 6.45) is 1.42. The summed E-state index contributed by atoms with van der Waals surface area (Å²) in [4.78, 5) is 8.79. The van der Waals surface area contributed by atoms with E-state index in [1.165, 1.54) is 0 Å². The van der Waals surface area contributed by atoms with Crippen molar-refractivity contribution in [1.29, 1.82) is 0 Å². The Morgan fingerprint density at radius 2 is 1.76 bits per heavy atom. The second kappa shape index (κ2) is 4.61. The standard InChI is InChI=1S/C13H12N2O2/c1-2-7-14-10(4-1)11-5-3-6-12(15-11)13-16-8-9-17-13/h1-7,13H,8-9H2. The van der Waals surface area contributed by atoms with Gasteiger partial charge in [0.05, 0.1) is 30.3 Å². The molecule has 1 aliphatic rings. The molecule has 0 radical (unpaired) electrons. The van der Waals surface area contributed by atoms with E-state index in [2.05, 4.69) is 9.97 Å². The molecule has 2 aromatic rings. The zero-order valence-corrected chi connectivity index (χ0v) is 9.24. The second-order valence-electron chi connectivity index (χ2n) is 3.74. The number of hydrogen-bond acceptors (Lipinski definition) is 4. The van der Waals surface area contributed by atoms with E-state index >= 15 is 0 Å². The smallest absolute Gasteiger partial charge is 0.201 e. The van der Waals surface area contributed by atoms with Gasteiger partial charge in [0.2, 0.25) is 6.29 Å². The SMILES string of the molecule is c1ccc(-c2cccc(C3OCCO3)n2)nc1. The fourth-order valence-corrected chi connectivity index (χ4v) is 1.77. The van der Waals surface area contributed by atoms with E-state index in [0.717, 1.165) is 17.1 Å². The van der Waals surface area contributed by atoms with E-state index in [1.54, 1.807) is 6.20 Å². The van der Waals surface area contributed by atoms with Gasteiger partial charge in [0.1, 0.15) is 0 Å². The van der Waals surface area contributed by atoms with Crippen LogP contribution in [0.4, 0.5) is 0 Å². The van der Waals surface area contributed by atoms with Gasteiger partial charge in [-0.05, 0) is 24.3 Å². The van der Waals surface area contributed by atoms with Crippen LogP contribution < -0.4 is 0 Å². The molecule has 17 heavy (non-hydrogen) atoms. The first-order valence-corrected chi connectivity index (χ1v) is 5.55. The summed E-state index contributed by atoms with van der Waals surface area (Å²) >= 11 is 0. The Hall–Kier alpha value is -1.78. The van der Waals surface area contributed by atoms with Gasteiger partial charge < -0.3 is 9.47 Å². The van der Waals surface area contributed by atoms with Gasteiger partial charge in [-0.2, -0.15) is 0 Å². The third-order valence-electron chi connectivity index (χ3n) is 2.56. The molecule has 2 aromatic heterocycles. The van der Waals surface area contributed by atoms with Crippen LogP contribution in [-0.2, 0) is 9.47 Å². The lowest BCUT2D eigenvalue weighted by Crippen LogP contribution is -2.02. The molecule has 86 valence electrons. The van der Waals surface area contributed by atoms with Crippen LogP contribution in [0.15, 0.2) is 42.6 Å². The molecule has 1 aliphatic heterocycles. The molecule has 0 spiro atoms. The Morgan fingerprint density at radius 3 is 2.53 bits per heavy atom. The monoisotopic (exact) mass is 228 g/mol. The van der Waals surface area contributed by atoms with Crippen LogP contribution in [0.2, 0.25) is 0 Å². The van der Waals surface area contributed by atoms with Gasteiger partial charge in [-0.1, -0.05) is 12.1 Å². The van der Waals surface area contributed by atoms with Crippen LogP contribution in [0.25, 0.3) is 11.4 Å². The topological polar surface area (TPSA) is 44.2 Å². The minimum atomic E-state index is -0.335. The van der Waals surface area contributed by atoms with Crippen molar-refractivity contribution >= 4 is 0 Å². The highest BCUT2D eigenvalue weighted by Gasteiger charge is 2.19. The fraction of sp³-hybridized carbons (Fsp3) is 0.231. The van der Waals surface area contributed by atoms with Gasteiger partial charge in [0.15, 0.2) is 0 Å². The number of pyridine rings is 2. The molecule has 0 aliphatic carbocycles. The highest BCUT2D eigenvalue weighted by molar-refractivity contribution is 5.53. The molecule has 1 saturated heterocycles. The molecule has 3 heterocycles. The third-order valence-corrected chi connectivity index (χ3v) is 2.56. The number of hydrogen-bond donors (Lipinski definition) is 0. The lowest BCUT2D eigenvalue weighted by atomic mass is 10.2. The van der Waals surface area contributed by atoms with Crippen LogP contribution in [0.3, 0.4) is 0 Å². The normalized spacial score (nSPS) is 16.2. The van der Waals surface area contributed by atoms with Crippen molar-refractivity contribution in [3.05, 3.63) is 48.3 Å². The maximum atomic E-state index is 5.42. The highest BCUT2D eigenvalue weighted by atomic mass is 16.7. The summed E-state index contributed by atoms with van der Waals surface area (Å²) in [6.45, 7) is 1.25. The number of nitrogens with zero attached hydrogens (tertiary/aromatic N) is 2. The summed E-state index contributed by atoms with van der Waals surface area (Å²) < 4.78 is 10.8. The van der Waals surface area contributed by atoms with Gasteiger partial charge in [0, 0.05) is 6.20 Å². The molecule has 0 saturated carbocycles. The van der Waals surface area contributed by atoms with Gasteiger partial charge >= 0.3 is 0 Å². The maximum Gasteiger partial charge on any atom is 0.201 e. The van der Waals surface area contributed by atoms with E-state index in [-0.39, 0.29) is 6.29 Å². The molecule has 1 fully saturated rings. The summed E-state index contributed by atoms with van der Waals surface area (Å²) in [6, 6.07) is 11.5. The number of ether oxygens (including phenoxy) is 2. The number of rotatable bonds is 2. The fourth-order valence-electron chi connectivity index (χ4n) is 1.77. The molecule has 4 nitrogen and oxygen atoms in total.